The molecule has 6 heteroatoms. The average molecular weight is 266 g/mol. The van der Waals surface area contributed by atoms with Crippen LogP contribution in [0.5, 0.6) is 0 Å². The standard InChI is InChI=1S/C13H22N4O2/c1-10-16-11(19-17-10)5-8-15-12(18)13(9-14)6-3-2-4-7-13/h2-9,14H2,1H3,(H,15,18). The van der Waals surface area contributed by atoms with Crippen LogP contribution in [0, 0.1) is 12.3 Å². The van der Waals surface area contributed by atoms with Crippen molar-refractivity contribution >= 4 is 5.91 Å². The molecule has 0 spiro atoms. The van der Waals surface area contributed by atoms with Crippen LogP contribution < -0.4 is 11.1 Å². The van der Waals surface area contributed by atoms with Gasteiger partial charge in [0.25, 0.3) is 0 Å². The van der Waals surface area contributed by atoms with Gasteiger partial charge in [0.05, 0.1) is 5.41 Å². The van der Waals surface area contributed by atoms with E-state index in [9.17, 15) is 4.79 Å². The number of carbonyl (C=O) groups excluding carboxylic acids is 1. The number of amides is 1. The first-order valence-electron chi connectivity index (χ1n) is 6.94. The molecule has 0 aromatic carbocycles. The molecule has 2 rings (SSSR count). The minimum absolute atomic E-state index is 0.0749. The SMILES string of the molecule is Cc1noc(CCNC(=O)C2(CN)CCCCC2)n1. The van der Waals surface area contributed by atoms with Crippen LogP contribution in [0.25, 0.3) is 0 Å². The molecule has 1 saturated carbocycles. The van der Waals surface area contributed by atoms with Crippen LogP contribution in [0.3, 0.4) is 0 Å². The molecule has 1 aliphatic carbocycles. The molecule has 6 nitrogen and oxygen atoms in total. The van der Waals surface area contributed by atoms with Gasteiger partial charge in [-0.1, -0.05) is 24.4 Å². The number of hydrogen-bond donors (Lipinski definition) is 2. The predicted octanol–water partition coefficient (Wildman–Crippen LogP) is 0.946. The van der Waals surface area contributed by atoms with Crippen LogP contribution >= 0.6 is 0 Å². The topological polar surface area (TPSA) is 94.0 Å². The third kappa shape index (κ3) is 3.32. The van der Waals surface area contributed by atoms with E-state index in [4.69, 9.17) is 10.3 Å². The molecule has 1 aromatic rings. The first-order valence-corrected chi connectivity index (χ1v) is 6.94. The summed E-state index contributed by atoms with van der Waals surface area (Å²) in [6, 6.07) is 0. The maximum atomic E-state index is 12.3. The maximum absolute atomic E-state index is 12.3. The zero-order valence-electron chi connectivity index (χ0n) is 11.4. The summed E-state index contributed by atoms with van der Waals surface area (Å²) >= 11 is 0. The lowest BCUT2D eigenvalue weighted by Crippen LogP contribution is -2.47. The Bertz CT molecular complexity index is 424. The normalized spacial score (nSPS) is 18.2. The van der Waals surface area contributed by atoms with Crippen LogP contribution in [0.4, 0.5) is 0 Å². The van der Waals surface area contributed by atoms with Crippen LogP contribution in [0.15, 0.2) is 4.52 Å². The summed E-state index contributed by atoms with van der Waals surface area (Å²) in [5.41, 5.74) is 5.47. The highest BCUT2D eigenvalue weighted by atomic mass is 16.5. The molecular formula is C13H22N4O2. The molecule has 1 heterocycles. The minimum atomic E-state index is -0.358. The van der Waals surface area contributed by atoms with E-state index in [0.29, 0.717) is 31.2 Å². The number of nitrogens with one attached hydrogen (secondary N) is 1. The van der Waals surface area contributed by atoms with Gasteiger partial charge in [-0.15, -0.1) is 0 Å². The molecular weight excluding hydrogens is 244 g/mol. The van der Waals surface area contributed by atoms with Gasteiger partial charge >= 0.3 is 0 Å². The van der Waals surface area contributed by atoms with Crippen molar-refractivity contribution < 1.29 is 9.32 Å². The fourth-order valence-electron chi connectivity index (χ4n) is 2.66. The summed E-state index contributed by atoms with van der Waals surface area (Å²) in [4.78, 5) is 16.4. The highest BCUT2D eigenvalue weighted by Gasteiger charge is 2.37. The lowest BCUT2D eigenvalue weighted by Gasteiger charge is -2.34. The Morgan fingerprint density at radius 1 is 1.42 bits per heavy atom. The van der Waals surface area contributed by atoms with E-state index in [2.05, 4.69) is 15.5 Å². The van der Waals surface area contributed by atoms with Gasteiger partial charge in [-0.2, -0.15) is 4.98 Å². The first kappa shape index (κ1) is 14.0. The van der Waals surface area contributed by atoms with Crippen LogP contribution in [0.1, 0.15) is 43.8 Å². The molecule has 1 amide bonds. The van der Waals surface area contributed by atoms with Crippen molar-refractivity contribution in [1.82, 2.24) is 15.5 Å². The Balaban J connectivity index is 1.82. The Kier molecular flexibility index (Phi) is 4.52. The molecule has 0 atom stereocenters. The summed E-state index contributed by atoms with van der Waals surface area (Å²) in [5.74, 6) is 1.25. The predicted molar refractivity (Wildman–Crippen MR) is 70.3 cm³/mol. The number of hydrogen-bond acceptors (Lipinski definition) is 5. The highest BCUT2D eigenvalue weighted by Crippen LogP contribution is 2.35. The highest BCUT2D eigenvalue weighted by molar-refractivity contribution is 5.83. The van der Waals surface area contributed by atoms with Gasteiger partial charge < -0.3 is 15.6 Å². The van der Waals surface area contributed by atoms with E-state index >= 15 is 0 Å². The molecule has 0 unspecified atom stereocenters. The molecule has 0 bridgehead atoms. The monoisotopic (exact) mass is 266 g/mol. The number of aryl methyl sites for hydroxylation is 1. The number of rotatable bonds is 5. The maximum Gasteiger partial charge on any atom is 0.228 e. The van der Waals surface area contributed by atoms with Gasteiger partial charge in [-0.3, -0.25) is 4.79 Å². The third-order valence-electron chi connectivity index (χ3n) is 3.88. The Labute approximate surface area is 113 Å². The zero-order chi connectivity index (χ0) is 13.7. The first-order chi connectivity index (χ1) is 9.16. The van der Waals surface area contributed by atoms with E-state index in [-0.39, 0.29) is 11.3 Å². The van der Waals surface area contributed by atoms with Gasteiger partial charge in [0.1, 0.15) is 0 Å². The molecule has 3 N–H and O–H groups in total. The molecule has 1 aliphatic rings. The molecule has 0 saturated heterocycles. The number of aromatic nitrogens is 2. The van der Waals surface area contributed by atoms with Gasteiger partial charge in [0, 0.05) is 19.5 Å². The summed E-state index contributed by atoms with van der Waals surface area (Å²) in [6.07, 6.45) is 5.74. The fourth-order valence-corrected chi connectivity index (χ4v) is 2.66. The second-order valence-electron chi connectivity index (χ2n) is 5.29. The van der Waals surface area contributed by atoms with Crippen molar-refractivity contribution in [2.75, 3.05) is 13.1 Å². The van der Waals surface area contributed by atoms with Gasteiger partial charge in [0.15, 0.2) is 5.82 Å². The van der Waals surface area contributed by atoms with Crippen molar-refractivity contribution in [1.29, 1.82) is 0 Å². The number of nitrogens with two attached hydrogens (primary N) is 1. The van der Waals surface area contributed by atoms with Crippen molar-refractivity contribution in [2.45, 2.75) is 45.4 Å². The van der Waals surface area contributed by atoms with Crippen molar-refractivity contribution in [3.05, 3.63) is 11.7 Å². The van der Waals surface area contributed by atoms with E-state index < -0.39 is 0 Å². The molecule has 1 aromatic heterocycles. The molecule has 106 valence electrons. The fraction of sp³-hybridized carbons (Fsp3) is 0.769. The minimum Gasteiger partial charge on any atom is -0.355 e. The van der Waals surface area contributed by atoms with Gasteiger partial charge in [0.2, 0.25) is 11.8 Å². The van der Waals surface area contributed by atoms with E-state index in [0.717, 1.165) is 25.7 Å². The summed E-state index contributed by atoms with van der Waals surface area (Å²) in [5, 5.41) is 6.67. The lowest BCUT2D eigenvalue weighted by molar-refractivity contribution is -0.132. The van der Waals surface area contributed by atoms with Crippen LogP contribution in [0.2, 0.25) is 0 Å². The summed E-state index contributed by atoms with van der Waals surface area (Å²) < 4.78 is 5.01. The third-order valence-corrected chi connectivity index (χ3v) is 3.88. The average Bonchev–Trinajstić information content (AvgIpc) is 2.85. The van der Waals surface area contributed by atoms with Gasteiger partial charge in [-0.25, -0.2) is 0 Å². The number of nitrogens with zero attached hydrogens (tertiary/aromatic N) is 2. The molecule has 0 radical (unpaired) electrons. The van der Waals surface area contributed by atoms with Crippen LogP contribution in [-0.4, -0.2) is 29.1 Å². The van der Waals surface area contributed by atoms with E-state index in [1.54, 1.807) is 6.92 Å². The summed E-state index contributed by atoms with van der Waals surface area (Å²) in [7, 11) is 0. The van der Waals surface area contributed by atoms with Crippen molar-refractivity contribution in [3.63, 3.8) is 0 Å². The largest absolute Gasteiger partial charge is 0.355 e. The Morgan fingerprint density at radius 2 is 2.16 bits per heavy atom. The molecule has 0 aliphatic heterocycles. The van der Waals surface area contributed by atoms with E-state index in [1.165, 1.54) is 6.42 Å². The number of carbonyl (C=O) groups is 1. The van der Waals surface area contributed by atoms with Gasteiger partial charge in [-0.05, 0) is 19.8 Å². The van der Waals surface area contributed by atoms with E-state index in [1.807, 2.05) is 0 Å². The smallest absolute Gasteiger partial charge is 0.228 e. The zero-order valence-corrected chi connectivity index (χ0v) is 11.4. The van der Waals surface area contributed by atoms with Crippen molar-refractivity contribution in [3.8, 4) is 0 Å². The lowest BCUT2D eigenvalue weighted by atomic mass is 9.73. The quantitative estimate of drug-likeness (QED) is 0.827. The molecule has 19 heavy (non-hydrogen) atoms. The molecule has 1 fully saturated rings. The second kappa shape index (κ2) is 6.14. The Hall–Kier alpha value is -1.43. The second-order valence-corrected chi connectivity index (χ2v) is 5.29. The Morgan fingerprint density at radius 3 is 2.74 bits per heavy atom. The summed E-state index contributed by atoms with van der Waals surface area (Å²) in [6.45, 7) is 2.72. The van der Waals surface area contributed by atoms with Crippen LogP contribution in [-0.2, 0) is 11.2 Å². The van der Waals surface area contributed by atoms with Crippen molar-refractivity contribution in [2.24, 2.45) is 11.1 Å².